The molecule has 0 saturated heterocycles. The van der Waals surface area contributed by atoms with Gasteiger partial charge in [-0.25, -0.2) is 4.79 Å². The molecule has 9 nitrogen and oxygen atoms in total. The highest BCUT2D eigenvalue weighted by molar-refractivity contribution is 5.96. The van der Waals surface area contributed by atoms with Crippen LogP contribution in [0.4, 0.5) is 10.5 Å². The number of alkyl carbamates (subject to hydrolysis) is 1. The predicted octanol–water partition coefficient (Wildman–Crippen LogP) is 4.12. The van der Waals surface area contributed by atoms with Gasteiger partial charge in [0.25, 0.3) is 0 Å². The van der Waals surface area contributed by atoms with Crippen molar-refractivity contribution in [1.82, 2.24) is 5.32 Å². The van der Waals surface area contributed by atoms with Crippen molar-refractivity contribution < 1.29 is 29.0 Å². The molecule has 0 radical (unpaired) electrons. The molecule has 0 bridgehead atoms. The molecule has 0 aliphatic rings. The fourth-order valence-corrected chi connectivity index (χ4v) is 3.21. The van der Waals surface area contributed by atoms with E-state index in [0.717, 1.165) is 5.56 Å². The van der Waals surface area contributed by atoms with E-state index in [1.165, 1.54) is 6.07 Å². The number of phenolic OH excluding ortho intramolecular Hbond substituents is 1. The molecule has 0 spiro atoms. The fourth-order valence-electron chi connectivity index (χ4n) is 3.21. The number of ether oxygens (including phenoxy) is 2. The fraction of sp³-hybridized carbons (Fsp3) is 0.654. The predicted molar refractivity (Wildman–Crippen MR) is 136 cm³/mol. The quantitative estimate of drug-likeness (QED) is 0.300. The average Bonchev–Trinajstić information content (AvgIpc) is 2.66. The van der Waals surface area contributed by atoms with Crippen LogP contribution in [0.1, 0.15) is 74.3 Å². The summed E-state index contributed by atoms with van der Waals surface area (Å²) in [6.07, 6.45) is 0.0230. The number of aromatic hydroxyl groups is 1. The first-order chi connectivity index (χ1) is 15.9. The molecular formula is C26H43N3O6. The lowest BCUT2D eigenvalue weighted by Gasteiger charge is -2.27. The minimum Gasteiger partial charge on any atom is -0.506 e. The molecule has 0 aliphatic heterocycles. The van der Waals surface area contributed by atoms with Crippen molar-refractivity contribution in [2.45, 2.75) is 98.4 Å². The van der Waals surface area contributed by atoms with Gasteiger partial charge in [-0.15, -0.1) is 0 Å². The van der Waals surface area contributed by atoms with Gasteiger partial charge in [0.05, 0.1) is 17.6 Å². The number of hydrogen-bond acceptors (Lipinski definition) is 7. The Morgan fingerprint density at radius 2 is 1.57 bits per heavy atom. The lowest BCUT2D eigenvalue weighted by atomic mass is 9.95. The Balaban J connectivity index is 3.10. The van der Waals surface area contributed by atoms with Gasteiger partial charge in [0, 0.05) is 6.04 Å². The number of benzene rings is 1. The normalized spacial score (nSPS) is 14.6. The molecule has 1 aromatic carbocycles. The number of carbonyl (C=O) groups excluding carboxylic acids is 3. The Hall–Kier alpha value is -2.81. The van der Waals surface area contributed by atoms with E-state index in [9.17, 15) is 19.5 Å². The number of esters is 1. The van der Waals surface area contributed by atoms with Crippen LogP contribution in [0, 0.1) is 11.8 Å². The highest BCUT2D eigenvalue weighted by Crippen LogP contribution is 2.26. The maximum atomic E-state index is 12.5. The van der Waals surface area contributed by atoms with E-state index in [1.54, 1.807) is 60.6 Å². The van der Waals surface area contributed by atoms with Crippen molar-refractivity contribution in [3.8, 4) is 5.75 Å². The molecule has 198 valence electrons. The molecular weight excluding hydrogens is 450 g/mol. The first kappa shape index (κ1) is 30.2. The van der Waals surface area contributed by atoms with Gasteiger partial charge >= 0.3 is 12.1 Å². The van der Waals surface area contributed by atoms with Crippen LogP contribution in [0.25, 0.3) is 0 Å². The number of anilines is 1. The summed E-state index contributed by atoms with van der Waals surface area (Å²) in [6.45, 7) is 16.1. The molecule has 0 heterocycles. The van der Waals surface area contributed by atoms with Gasteiger partial charge in [-0.1, -0.05) is 26.8 Å². The summed E-state index contributed by atoms with van der Waals surface area (Å²) >= 11 is 0. The first-order valence-electron chi connectivity index (χ1n) is 12.0. The largest absolute Gasteiger partial charge is 0.506 e. The first-order valence-corrected chi connectivity index (χ1v) is 12.0. The molecule has 5 N–H and O–H groups in total. The van der Waals surface area contributed by atoms with Gasteiger partial charge in [-0.2, -0.15) is 0 Å². The molecule has 0 fully saturated rings. The third-order valence-corrected chi connectivity index (χ3v) is 4.99. The van der Waals surface area contributed by atoms with Crippen molar-refractivity contribution >= 4 is 23.7 Å². The van der Waals surface area contributed by atoms with E-state index in [1.807, 2.05) is 13.8 Å². The maximum absolute atomic E-state index is 12.5. The molecule has 1 aromatic rings. The van der Waals surface area contributed by atoms with Crippen LogP contribution in [0.2, 0.25) is 0 Å². The Kier molecular flexibility index (Phi) is 10.6. The van der Waals surface area contributed by atoms with Gasteiger partial charge in [0.1, 0.15) is 17.0 Å². The summed E-state index contributed by atoms with van der Waals surface area (Å²) in [5.41, 5.74) is 5.55. The minimum absolute atomic E-state index is 0.0722. The third kappa shape index (κ3) is 11.4. The molecule has 0 aromatic heterocycles. The SMILES string of the molecule is CC(C[C@H](Cc1ccc(O)c(NC(=O)C(N)C(C)C)c1)NC(=O)OC(C)(C)C)C(=O)OC(C)(C)C. The Bertz CT molecular complexity index is 886. The summed E-state index contributed by atoms with van der Waals surface area (Å²) in [7, 11) is 0. The topological polar surface area (TPSA) is 140 Å². The molecule has 3 atom stereocenters. The van der Waals surface area contributed by atoms with Gasteiger partial charge in [0.2, 0.25) is 5.91 Å². The maximum Gasteiger partial charge on any atom is 0.407 e. The number of phenols is 1. The molecule has 9 heteroatoms. The van der Waals surface area contributed by atoms with Gasteiger partial charge in [0.15, 0.2) is 0 Å². The van der Waals surface area contributed by atoms with Crippen molar-refractivity contribution in [1.29, 1.82) is 0 Å². The van der Waals surface area contributed by atoms with Crippen LogP contribution in [0.5, 0.6) is 5.75 Å². The van der Waals surface area contributed by atoms with Crippen LogP contribution in [0.3, 0.4) is 0 Å². The highest BCUT2D eigenvalue weighted by atomic mass is 16.6. The lowest BCUT2D eigenvalue weighted by molar-refractivity contribution is -0.159. The van der Waals surface area contributed by atoms with E-state index in [2.05, 4.69) is 10.6 Å². The van der Waals surface area contributed by atoms with Crippen molar-refractivity contribution in [2.75, 3.05) is 5.32 Å². The second-order valence-corrected chi connectivity index (χ2v) is 11.3. The monoisotopic (exact) mass is 493 g/mol. The minimum atomic E-state index is -0.727. The molecule has 0 saturated carbocycles. The molecule has 0 aliphatic carbocycles. The molecule has 35 heavy (non-hydrogen) atoms. The zero-order valence-corrected chi connectivity index (χ0v) is 22.5. The van der Waals surface area contributed by atoms with E-state index >= 15 is 0 Å². The Labute approximate surface area is 209 Å². The zero-order chi connectivity index (χ0) is 27.1. The number of amides is 2. The average molecular weight is 494 g/mol. The Morgan fingerprint density at radius 1 is 1.00 bits per heavy atom. The van der Waals surface area contributed by atoms with Crippen molar-refractivity contribution in [3.63, 3.8) is 0 Å². The van der Waals surface area contributed by atoms with E-state index in [0.29, 0.717) is 12.8 Å². The van der Waals surface area contributed by atoms with E-state index in [-0.39, 0.29) is 23.3 Å². The molecule has 2 amide bonds. The summed E-state index contributed by atoms with van der Waals surface area (Å²) in [4.78, 5) is 37.4. The Morgan fingerprint density at radius 3 is 2.09 bits per heavy atom. The lowest BCUT2D eigenvalue weighted by Crippen LogP contribution is -2.42. The summed E-state index contributed by atoms with van der Waals surface area (Å²) < 4.78 is 10.9. The van der Waals surface area contributed by atoms with E-state index < -0.39 is 41.2 Å². The standard InChI is InChI=1S/C26H43N3O6/c1-15(2)21(27)22(31)29-19-14-17(10-11-20(19)30)13-18(28-24(33)35-26(7,8)9)12-16(3)23(32)34-25(4,5)6/h10-11,14-16,18,21,30H,12-13,27H2,1-9H3,(H,28,33)(H,29,31)/t16?,18-,21?/m1/s1. The van der Waals surface area contributed by atoms with Crippen LogP contribution >= 0.6 is 0 Å². The number of hydrogen-bond donors (Lipinski definition) is 4. The number of carbonyl (C=O) groups is 3. The summed E-state index contributed by atoms with van der Waals surface area (Å²) in [6, 6.07) is 3.58. The number of nitrogens with two attached hydrogens (primary N) is 1. The number of rotatable bonds is 9. The van der Waals surface area contributed by atoms with Gasteiger partial charge in [-0.05, 0) is 78.0 Å². The second-order valence-electron chi connectivity index (χ2n) is 11.3. The van der Waals surface area contributed by atoms with Crippen LogP contribution < -0.4 is 16.4 Å². The number of nitrogens with one attached hydrogen (secondary N) is 2. The van der Waals surface area contributed by atoms with Crippen molar-refractivity contribution in [3.05, 3.63) is 23.8 Å². The third-order valence-electron chi connectivity index (χ3n) is 4.99. The zero-order valence-electron chi connectivity index (χ0n) is 22.5. The van der Waals surface area contributed by atoms with Crippen LogP contribution in [-0.4, -0.2) is 46.4 Å². The van der Waals surface area contributed by atoms with Crippen LogP contribution in [-0.2, 0) is 25.5 Å². The summed E-state index contributed by atoms with van der Waals surface area (Å²) in [5.74, 6) is -1.44. The molecule has 1 rings (SSSR count). The van der Waals surface area contributed by atoms with Gasteiger partial charge in [-0.3, -0.25) is 9.59 Å². The van der Waals surface area contributed by atoms with E-state index in [4.69, 9.17) is 15.2 Å². The second kappa shape index (κ2) is 12.2. The summed E-state index contributed by atoms with van der Waals surface area (Å²) in [5, 5.41) is 15.7. The molecule has 2 unspecified atom stereocenters. The van der Waals surface area contributed by atoms with Gasteiger partial charge < -0.3 is 30.9 Å². The van der Waals surface area contributed by atoms with Crippen LogP contribution in [0.15, 0.2) is 18.2 Å². The van der Waals surface area contributed by atoms with Crippen molar-refractivity contribution in [2.24, 2.45) is 17.6 Å². The smallest absolute Gasteiger partial charge is 0.407 e. The highest BCUT2D eigenvalue weighted by Gasteiger charge is 2.27.